The minimum Gasteiger partial charge on any atom is -0.395 e. The zero-order chi connectivity index (χ0) is 12.8. The number of aromatic nitrogens is 1. The normalized spacial score (nSPS) is 10.9. The summed E-state index contributed by atoms with van der Waals surface area (Å²) >= 11 is 3.19. The van der Waals surface area contributed by atoms with Crippen LogP contribution in [0.4, 0.5) is 14.6 Å². The summed E-state index contributed by atoms with van der Waals surface area (Å²) in [4.78, 5) is 5.25. The molecule has 1 aromatic rings. The number of hydrogen-bond acceptors (Lipinski definition) is 4. The molecule has 0 saturated carbocycles. The van der Waals surface area contributed by atoms with Crippen LogP contribution in [-0.4, -0.2) is 41.3 Å². The van der Waals surface area contributed by atoms with Gasteiger partial charge in [-0.2, -0.15) is 0 Å². The number of aliphatic hydroxyl groups is 2. The van der Waals surface area contributed by atoms with Gasteiger partial charge in [0.05, 0.1) is 19.8 Å². The molecule has 0 unspecified atom stereocenters. The summed E-state index contributed by atoms with van der Waals surface area (Å²) in [6.07, 6.45) is -1.07. The highest BCUT2D eigenvalue weighted by molar-refractivity contribution is 9.10. The Kier molecular flexibility index (Phi) is 5.73. The molecule has 4 nitrogen and oxygen atoms in total. The van der Waals surface area contributed by atoms with Crippen molar-refractivity contribution in [1.82, 2.24) is 4.98 Å². The van der Waals surface area contributed by atoms with Crippen molar-refractivity contribution in [3.05, 3.63) is 22.3 Å². The summed E-state index contributed by atoms with van der Waals surface area (Å²) in [7, 11) is 0. The minimum atomic E-state index is -2.53. The van der Waals surface area contributed by atoms with Crippen molar-refractivity contribution in [2.75, 3.05) is 24.6 Å². The van der Waals surface area contributed by atoms with Gasteiger partial charge in [-0.3, -0.25) is 0 Å². The molecule has 0 spiro atoms. The maximum absolute atomic E-state index is 12.4. The molecule has 1 aromatic heterocycles. The topological polar surface area (TPSA) is 56.6 Å². The number of nitrogens with zero attached hydrogens (tertiary/aromatic N) is 2. The average Bonchev–Trinajstić information content (AvgIpc) is 2.27. The lowest BCUT2D eigenvalue weighted by atomic mass is 10.2. The van der Waals surface area contributed by atoms with Gasteiger partial charge in [-0.1, -0.05) is 0 Å². The van der Waals surface area contributed by atoms with Gasteiger partial charge in [0.2, 0.25) is 0 Å². The number of alkyl halides is 2. The van der Waals surface area contributed by atoms with Crippen molar-refractivity contribution in [3.63, 3.8) is 0 Å². The Labute approximate surface area is 106 Å². The molecule has 1 heterocycles. The van der Waals surface area contributed by atoms with Crippen LogP contribution in [0, 0.1) is 0 Å². The number of anilines is 1. The van der Waals surface area contributed by atoms with Gasteiger partial charge in [-0.15, -0.1) is 0 Å². The van der Waals surface area contributed by atoms with Crippen LogP contribution in [0.5, 0.6) is 0 Å². The number of rotatable bonds is 6. The van der Waals surface area contributed by atoms with Crippen LogP contribution in [-0.2, 0) is 6.61 Å². The van der Waals surface area contributed by atoms with E-state index in [0.29, 0.717) is 10.0 Å². The molecule has 0 bridgehead atoms. The molecular weight excluding hydrogens is 298 g/mol. The van der Waals surface area contributed by atoms with E-state index in [1.807, 2.05) is 0 Å². The maximum Gasteiger partial charge on any atom is 0.255 e. The predicted molar refractivity (Wildman–Crippen MR) is 63.2 cm³/mol. The molecule has 0 radical (unpaired) electrons. The third-order valence-corrected chi connectivity index (χ3v) is 2.54. The zero-order valence-electron chi connectivity index (χ0n) is 8.98. The van der Waals surface area contributed by atoms with Crippen LogP contribution in [0.3, 0.4) is 0 Å². The lowest BCUT2D eigenvalue weighted by molar-refractivity contribution is 0.152. The molecule has 0 aromatic carbocycles. The van der Waals surface area contributed by atoms with Gasteiger partial charge in [0.1, 0.15) is 5.82 Å². The standard InChI is InChI=1S/C10H13BrF2N2O2/c11-8-3-7(6-17)10(14-4-8)15(1-2-16)5-9(12)13/h3-4,9,16-17H,1-2,5-6H2. The minimum absolute atomic E-state index is 0.0476. The molecule has 1 rings (SSSR count). The molecular formula is C10H13BrF2N2O2. The largest absolute Gasteiger partial charge is 0.395 e. The second-order valence-corrected chi connectivity index (χ2v) is 4.27. The Morgan fingerprint density at radius 3 is 2.65 bits per heavy atom. The molecule has 0 aliphatic carbocycles. The van der Waals surface area contributed by atoms with Crippen molar-refractivity contribution in [1.29, 1.82) is 0 Å². The van der Waals surface area contributed by atoms with Gasteiger partial charge in [-0.25, -0.2) is 13.8 Å². The van der Waals surface area contributed by atoms with Crippen LogP contribution in [0.1, 0.15) is 5.56 Å². The summed E-state index contributed by atoms with van der Waals surface area (Å²) < 4.78 is 25.4. The van der Waals surface area contributed by atoms with E-state index in [2.05, 4.69) is 20.9 Å². The summed E-state index contributed by atoms with van der Waals surface area (Å²) in [5, 5.41) is 18.0. The highest BCUT2D eigenvalue weighted by Crippen LogP contribution is 2.22. The first-order valence-electron chi connectivity index (χ1n) is 4.97. The van der Waals surface area contributed by atoms with Gasteiger partial charge in [0.25, 0.3) is 6.43 Å². The first kappa shape index (κ1) is 14.3. The monoisotopic (exact) mass is 310 g/mol. The molecule has 17 heavy (non-hydrogen) atoms. The van der Waals surface area contributed by atoms with Crippen LogP contribution in [0.2, 0.25) is 0 Å². The third kappa shape index (κ3) is 4.18. The lowest BCUT2D eigenvalue weighted by Gasteiger charge is -2.24. The van der Waals surface area contributed by atoms with E-state index in [4.69, 9.17) is 10.2 Å². The number of pyridine rings is 1. The van der Waals surface area contributed by atoms with E-state index >= 15 is 0 Å². The predicted octanol–water partition coefficient (Wildman–Crippen LogP) is 1.40. The highest BCUT2D eigenvalue weighted by atomic mass is 79.9. The molecule has 0 atom stereocenters. The molecule has 0 saturated heterocycles. The molecule has 7 heteroatoms. The van der Waals surface area contributed by atoms with E-state index in [-0.39, 0.29) is 25.6 Å². The van der Waals surface area contributed by atoms with Gasteiger partial charge >= 0.3 is 0 Å². The quantitative estimate of drug-likeness (QED) is 0.834. The van der Waals surface area contributed by atoms with Crippen molar-refractivity contribution >= 4 is 21.7 Å². The third-order valence-electron chi connectivity index (χ3n) is 2.11. The van der Waals surface area contributed by atoms with Crippen molar-refractivity contribution < 1.29 is 19.0 Å². The SMILES string of the molecule is OCCN(CC(F)F)c1ncc(Br)cc1CO. The fraction of sp³-hybridized carbons (Fsp3) is 0.500. The number of aliphatic hydroxyl groups excluding tert-OH is 2. The molecule has 0 fully saturated rings. The van der Waals surface area contributed by atoms with Gasteiger partial charge in [0.15, 0.2) is 0 Å². The van der Waals surface area contributed by atoms with E-state index in [1.54, 1.807) is 6.07 Å². The maximum atomic E-state index is 12.4. The van der Waals surface area contributed by atoms with E-state index < -0.39 is 13.0 Å². The first-order chi connectivity index (χ1) is 8.08. The van der Waals surface area contributed by atoms with Crippen molar-refractivity contribution in [2.24, 2.45) is 0 Å². The number of halogens is 3. The second-order valence-electron chi connectivity index (χ2n) is 3.36. The Balaban J connectivity index is 2.99. The molecule has 2 N–H and O–H groups in total. The summed E-state index contributed by atoms with van der Waals surface area (Å²) in [5.41, 5.74) is 0.438. The highest BCUT2D eigenvalue weighted by Gasteiger charge is 2.16. The Bertz CT molecular complexity index is 366. The van der Waals surface area contributed by atoms with Gasteiger partial charge in [-0.05, 0) is 22.0 Å². The zero-order valence-corrected chi connectivity index (χ0v) is 10.6. The van der Waals surface area contributed by atoms with Crippen LogP contribution in [0.15, 0.2) is 16.7 Å². The number of hydrogen-bond donors (Lipinski definition) is 2. The van der Waals surface area contributed by atoms with Gasteiger partial charge in [0, 0.05) is 22.8 Å². The van der Waals surface area contributed by atoms with E-state index in [0.717, 1.165) is 0 Å². The molecule has 0 amide bonds. The summed E-state index contributed by atoms with van der Waals surface area (Å²) in [6.45, 7) is -1.03. The molecule has 0 aliphatic heterocycles. The van der Waals surface area contributed by atoms with Crippen molar-refractivity contribution in [3.8, 4) is 0 Å². The molecule has 0 aliphatic rings. The summed E-state index contributed by atoms with van der Waals surface area (Å²) in [6, 6.07) is 1.61. The van der Waals surface area contributed by atoms with Crippen LogP contribution >= 0.6 is 15.9 Å². The van der Waals surface area contributed by atoms with E-state index in [1.165, 1.54) is 11.1 Å². The summed E-state index contributed by atoms with van der Waals surface area (Å²) in [5.74, 6) is 0.269. The smallest absolute Gasteiger partial charge is 0.255 e. The Morgan fingerprint density at radius 1 is 1.41 bits per heavy atom. The van der Waals surface area contributed by atoms with Crippen LogP contribution in [0.25, 0.3) is 0 Å². The second kappa shape index (κ2) is 6.83. The lowest BCUT2D eigenvalue weighted by Crippen LogP contribution is -2.33. The Hall–Kier alpha value is -0.790. The molecule has 96 valence electrons. The first-order valence-corrected chi connectivity index (χ1v) is 5.77. The fourth-order valence-electron chi connectivity index (χ4n) is 1.45. The fourth-order valence-corrected chi connectivity index (χ4v) is 1.82. The van der Waals surface area contributed by atoms with E-state index in [9.17, 15) is 8.78 Å². The Morgan fingerprint density at radius 2 is 2.12 bits per heavy atom. The van der Waals surface area contributed by atoms with Crippen LogP contribution < -0.4 is 4.90 Å². The average molecular weight is 311 g/mol. The van der Waals surface area contributed by atoms with Crippen molar-refractivity contribution in [2.45, 2.75) is 13.0 Å². The van der Waals surface area contributed by atoms with Gasteiger partial charge < -0.3 is 15.1 Å².